The number of carbonyl (C=O) groups excluding carboxylic acids is 1. The lowest BCUT2D eigenvalue weighted by atomic mass is 9.83. The van der Waals surface area contributed by atoms with Crippen molar-refractivity contribution in [3.05, 3.63) is 11.6 Å². The van der Waals surface area contributed by atoms with Gasteiger partial charge in [0.15, 0.2) is 5.96 Å². The van der Waals surface area contributed by atoms with Crippen molar-refractivity contribution >= 4 is 21.9 Å². The number of nitrogens with zero attached hydrogens (tertiary/aromatic N) is 1. The Morgan fingerprint density at radius 1 is 0.950 bits per heavy atom. The molecule has 0 radical (unpaired) electrons. The highest BCUT2D eigenvalue weighted by atomic mass is 32.2. The molecule has 11 nitrogen and oxygen atoms in total. The minimum atomic E-state index is -3.55. The van der Waals surface area contributed by atoms with Crippen molar-refractivity contribution in [3.63, 3.8) is 0 Å². The van der Waals surface area contributed by atoms with Gasteiger partial charge in [-0.2, -0.15) is 4.99 Å². The summed E-state index contributed by atoms with van der Waals surface area (Å²) in [6.45, 7) is 6.40. The number of sulfonamides is 1. The van der Waals surface area contributed by atoms with Gasteiger partial charge >= 0.3 is 0 Å². The first-order valence-electron chi connectivity index (χ1n) is 14.0. The van der Waals surface area contributed by atoms with Crippen molar-refractivity contribution in [1.29, 1.82) is 0 Å². The number of aliphatic imine (C=N–C) groups is 1. The van der Waals surface area contributed by atoms with Crippen LogP contribution in [0.2, 0.25) is 0 Å². The van der Waals surface area contributed by atoms with Gasteiger partial charge in [0, 0.05) is 18.7 Å². The SMILES string of the molecule is CCCOCCOCCOCCNS(=O)(=O)C1CCC(OC2C(F)CC(/C=C(\C)C(=O)N=C(N)N)CC2F)CC1. The second kappa shape index (κ2) is 18.0. The molecule has 2 atom stereocenters. The number of ether oxygens (including phenoxy) is 4. The standard InChI is InChI=1S/C26H46F2N4O7S/c1-3-9-36-11-13-38-14-12-37-10-8-31-40(34,35)21-6-4-20(5-7-21)39-24-22(27)16-19(17-23(24)28)15-18(2)25(33)32-26(29)30/h15,19-24,31H,3-14,16-17H2,1-2H3,(H4,29,30,32,33)/b18-15+. The summed E-state index contributed by atoms with van der Waals surface area (Å²) in [7, 11) is -3.55. The van der Waals surface area contributed by atoms with Gasteiger partial charge in [0.1, 0.15) is 18.4 Å². The molecule has 0 bridgehead atoms. The first-order valence-corrected chi connectivity index (χ1v) is 15.6. The van der Waals surface area contributed by atoms with Crippen LogP contribution in [0.25, 0.3) is 0 Å². The molecule has 5 N–H and O–H groups in total. The zero-order valence-corrected chi connectivity index (χ0v) is 24.4. The van der Waals surface area contributed by atoms with E-state index in [-0.39, 0.29) is 37.5 Å². The van der Waals surface area contributed by atoms with Gasteiger partial charge in [-0.3, -0.25) is 4.79 Å². The fourth-order valence-corrected chi connectivity index (χ4v) is 6.36. The number of hydrogen-bond acceptors (Lipinski definition) is 7. The highest BCUT2D eigenvalue weighted by Gasteiger charge is 2.41. The summed E-state index contributed by atoms with van der Waals surface area (Å²) < 4.78 is 79.5. The normalized spacial score (nSPS) is 27.9. The third-order valence-electron chi connectivity index (χ3n) is 6.87. The quantitative estimate of drug-likeness (QED) is 0.0984. The van der Waals surface area contributed by atoms with Gasteiger partial charge < -0.3 is 30.4 Å². The molecule has 40 heavy (non-hydrogen) atoms. The van der Waals surface area contributed by atoms with Crippen molar-refractivity contribution in [2.24, 2.45) is 22.4 Å². The number of rotatable bonds is 17. The second-order valence-corrected chi connectivity index (χ2v) is 12.3. The van der Waals surface area contributed by atoms with Crippen molar-refractivity contribution in [2.45, 2.75) is 88.6 Å². The number of guanidine groups is 1. The molecule has 0 saturated heterocycles. The topological polar surface area (TPSA) is 165 Å². The van der Waals surface area contributed by atoms with E-state index in [4.69, 9.17) is 30.4 Å². The van der Waals surface area contributed by atoms with Gasteiger partial charge in [0.05, 0.1) is 44.4 Å². The summed E-state index contributed by atoms with van der Waals surface area (Å²) in [6, 6.07) is 0. The van der Waals surface area contributed by atoms with Crippen LogP contribution in [0.3, 0.4) is 0 Å². The Kier molecular flexibility index (Phi) is 15.5. The molecular formula is C26H46F2N4O7S. The molecule has 1 amide bonds. The number of nitrogens with one attached hydrogen (secondary N) is 1. The van der Waals surface area contributed by atoms with Crippen LogP contribution in [0.15, 0.2) is 16.6 Å². The molecule has 14 heteroatoms. The monoisotopic (exact) mass is 596 g/mol. The zero-order valence-electron chi connectivity index (χ0n) is 23.6. The van der Waals surface area contributed by atoms with Gasteiger partial charge in [0.2, 0.25) is 10.0 Å². The van der Waals surface area contributed by atoms with Crippen molar-refractivity contribution in [2.75, 3.05) is 46.2 Å². The van der Waals surface area contributed by atoms with E-state index in [2.05, 4.69) is 9.71 Å². The Morgan fingerprint density at radius 3 is 2.05 bits per heavy atom. The van der Waals surface area contributed by atoms with Gasteiger partial charge in [-0.25, -0.2) is 21.9 Å². The lowest BCUT2D eigenvalue weighted by Gasteiger charge is -2.37. The van der Waals surface area contributed by atoms with Crippen LogP contribution in [-0.2, 0) is 33.8 Å². The van der Waals surface area contributed by atoms with E-state index in [1.165, 1.54) is 13.0 Å². The van der Waals surface area contributed by atoms with Gasteiger partial charge in [-0.15, -0.1) is 0 Å². The second-order valence-electron chi connectivity index (χ2n) is 10.2. The van der Waals surface area contributed by atoms with Crippen molar-refractivity contribution < 1.29 is 40.9 Å². The summed E-state index contributed by atoms with van der Waals surface area (Å²) in [5.74, 6) is -1.52. The van der Waals surface area contributed by atoms with Gasteiger partial charge in [-0.1, -0.05) is 13.0 Å². The third-order valence-corrected chi connectivity index (χ3v) is 8.83. The van der Waals surface area contributed by atoms with E-state index < -0.39 is 51.6 Å². The molecule has 2 rings (SSSR count). The third kappa shape index (κ3) is 12.4. The molecule has 2 fully saturated rings. The van der Waals surface area contributed by atoms with Crippen molar-refractivity contribution in [1.82, 2.24) is 4.72 Å². The molecule has 0 aliphatic heterocycles. The van der Waals surface area contributed by atoms with Crippen LogP contribution < -0.4 is 16.2 Å². The Hall–Kier alpha value is -1.71. The molecule has 0 heterocycles. The number of allylic oxidation sites excluding steroid dienone is 1. The number of amides is 1. The number of carbonyl (C=O) groups is 1. The highest BCUT2D eigenvalue weighted by Crippen LogP contribution is 2.35. The van der Waals surface area contributed by atoms with E-state index >= 15 is 0 Å². The van der Waals surface area contributed by atoms with Gasteiger partial charge in [-0.05, 0) is 57.8 Å². The van der Waals surface area contributed by atoms with E-state index in [0.29, 0.717) is 58.7 Å². The first kappa shape index (κ1) is 34.5. The summed E-state index contributed by atoms with van der Waals surface area (Å²) >= 11 is 0. The number of nitrogens with two attached hydrogens (primary N) is 2. The maximum absolute atomic E-state index is 14.9. The molecule has 2 unspecified atom stereocenters. The molecule has 0 spiro atoms. The van der Waals surface area contributed by atoms with Crippen molar-refractivity contribution in [3.8, 4) is 0 Å². The molecule has 0 aromatic carbocycles. The molecule has 232 valence electrons. The number of alkyl halides is 2. The van der Waals surface area contributed by atoms with E-state index in [9.17, 15) is 22.0 Å². The van der Waals surface area contributed by atoms with E-state index in [1.807, 2.05) is 6.92 Å². The van der Waals surface area contributed by atoms with E-state index in [0.717, 1.165) is 6.42 Å². The lowest BCUT2D eigenvalue weighted by molar-refractivity contribution is -0.118. The maximum Gasteiger partial charge on any atom is 0.275 e. The predicted octanol–water partition coefficient (Wildman–Crippen LogP) is 1.89. The Balaban J connectivity index is 1.67. The molecule has 0 aromatic rings. The molecule has 2 saturated carbocycles. The number of halogens is 2. The minimum Gasteiger partial charge on any atom is -0.379 e. The van der Waals surface area contributed by atoms with Crippen LogP contribution in [-0.4, -0.2) is 96.3 Å². The largest absolute Gasteiger partial charge is 0.379 e. The predicted molar refractivity (Wildman–Crippen MR) is 148 cm³/mol. The maximum atomic E-state index is 14.9. The Labute approximate surface area is 236 Å². The molecule has 2 aliphatic carbocycles. The summed E-state index contributed by atoms with van der Waals surface area (Å²) in [6.07, 6.45) is -0.808. The Morgan fingerprint density at radius 2 is 1.50 bits per heavy atom. The number of hydrogen-bond donors (Lipinski definition) is 3. The average molecular weight is 597 g/mol. The fourth-order valence-electron chi connectivity index (χ4n) is 4.87. The summed E-state index contributed by atoms with van der Waals surface area (Å²) in [5, 5.41) is -0.590. The van der Waals surface area contributed by atoms with Crippen LogP contribution in [0.1, 0.15) is 58.8 Å². The van der Waals surface area contributed by atoms with Crippen LogP contribution >= 0.6 is 0 Å². The van der Waals surface area contributed by atoms with Gasteiger partial charge in [0.25, 0.3) is 5.91 Å². The molecule has 0 aromatic heterocycles. The zero-order chi connectivity index (χ0) is 29.5. The van der Waals surface area contributed by atoms with Crippen LogP contribution in [0, 0.1) is 5.92 Å². The summed E-state index contributed by atoms with van der Waals surface area (Å²) in [4.78, 5) is 15.3. The lowest BCUT2D eigenvalue weighted by Crippen LogP contribution is -2.45. The van der Waals surface area contributed by atoms with Crippen LogP contribution in [0.5, 0.6) is 0 Å². The fraction of sp³-hybridized carbons (Fsp3) is 0.846. The average Bonchev–Trinajstić information content (AvgIpc) is 2.89. The first-order chi connectivity index (χ1) is 19.0. The molecule has 2 aliphatic rings. The van der Waals surface area contributed by atoms with Crippen LogP contribution in [0.4, 0.5) is 8.78 Å². The van der Waals surface area contributed by atoms with E-state index in [1.54, 1.807) is 0 Å². The summed E-state index contributed by atoms with van der Waals surface area (Å²) in [5.41, 5.74) is 10.6. The molecular weight excluding hydrogens is 550 g/mol. The smallest absolute Gasteiger partial charge is 0.275 e. The Bertz CT molecular complexity index is 914. The highest BCUT2D eigenvalue weighted by molar-refractivity contribution is 7.90. The minimum absolute atomic E-state index is 0.00669.